The van der Waals surface area contributed by atoms with Gasteiger partial charge >= 0.3 is 0 Å². The summed E-state index contributed by atoms with van der Waals surface area (Å²) < 4.78 is 1.14. The molecule has 1 aliphatic carbocycles. The first kappa shape index (κ1) is 8.89. The van der Waals surface area contributed by atoms with Crippen LogP contribution in [0.3, 0.4) is 0 Å². The Labute approximate surface area is 88.4 Å². The second-order valence-electron chi connectivity index (χ2n) is 4.44. The lowest BCUT2D eigenvalue weighted by atomic mass is 9.90. The smallest absolute Gasteiger partial charge is 0.266 e. The summed E-state index contributed by atoms with van der Waals surface area (Å²) >= 11 is 0. The quantitative estimate of drug-likeness (QED) is 0.456. The molecule has 0 atom stereocenters. The summed E-state index contributed by atoms with van der Waals surface area (Å²) in [7, 11) is 0. The van der Waals surface area contributed by atoms with Crippen molar-refractivity contribution in [2.75, 3.05) is 0 Å². The molecule has 1 aliphatic heterocycles. The average Bonchev–Trinajstić information content (AvgIpc) is 2.54. The fourth-order valence-electron chi connectivity index (χ4n) is 2.66. The van der Waals surface area contributed by atoms with E-state index in [1.54, 1.807) is 0 Å². The summed E-state index contributed by atoms with van der Waals surface area (Å²) in [4.78, 5) is 4.64. The molecule has 0 radical (unpaired) electrons. The van der Waals surface area contributed by atoms with Gasteiger partial charge in [-0.2, -0.15) is 4.74 Å². The Morgan fingerprint density at radius 1 is 1.13 bits per heavy atom. The van der Waals surface area contributed by atoms with Crippen LogP contribution in [0, 0.1) is 5.21 Å². The lowest BCUT2D eigenvalue weighted by Crippen LogP contribution is -2.44. The summed E-state index contributed by atoms with van der Waals surface area (Å²) in [6.45, 7) is 0. The third kappa shape index (κ3) is 1.19. The van der Waals surface area contributed by atoms with Gasteiger partial charge in [0.2, 0.25) is 5.36 Å². The first-order valence-electron chi connectivity index (χ1n) is 5.61. The maximum atomic E-state index is 12.2. The first-order chi connectivity index (χ1) is 7.32. The Hall–Kier alpha value is -1.38. The van der Waals surface area contributed by atoms with Gasteiger partial charge < -0.3 is 5.21 Å². The van der Waals surface area contributed by atoms with Crippen LogP contribution >= 0.6 is 0 Å². The Morgan fingerprint density at radius 2 is 1.87 bits per heavy atom. The van der Waals surface area contributed by atoms with E-state index < -0.39 is 5.66 Å². The van der Waals surface area contributed by atoms with Crippen LogP contribution in [-0.2, 0) is 0 Å². The van der Waals surface area contributed by atoms with Crippen molar-refractivity contribution in [2.45, 2.75) is 37.8 Å². The van der Waals surface area contributed by atoms with Crippen molar-refractivity contribution in [3.05, 3.63) is 40.2 Å². The highest BCUT2D eigenvalue weighted by Gasteiger charge is 2.42. The topological polar surface area (TPSA) is 38.4 Å². The SMILES string of the molecule is [O-][N+]1=c2ccccc2=NC12CCCCC2. The molecule has 78 valence electrons. The van der Waals surface area contributed by atoms with Gasteiger partial charge in [-0.3, -0.25) is 0 Å². The highest BCUT2D eigenvalue weighted by molar-refractivity contribution is 5.10. The summed E-state index contributed by atoms with van der Waals surface area (Å²) in [6.07, 6.45) is 5.30. The molecule has 0 aromatic heterocycles. The van der Waals surface area contributed by atoms with Gasteiger partial charge in [0.05, 0.1) is 0 Å². The molecule has 0 saturated heterocycles. The molecule has 2 aliphatic rings. The van der Waals surface area contributed by atoms with E-state index in [0.29, 0.717) is 0 Å². The number of hydrogen-bond acceptors (Lipinski definition) is 2. The highest BCUT2D eigenvalue weighted by atomic mass is 16.5. The van der Waals surface area contributed by atoms with Crippen LogP contribution in [0.1, 0.15) is 32.1 Å². The summed E-state index contributed by atoms with van der Waals surface area (Å²) in [5.41, 5.74) is -0.456. The van der Waals surface area contributed by atoms with Crippen LogP contribution in [0.2, 0.25) is 0 Å². The first-order valence-corrected chi connectivity index (χ1v) is 5.61. The Morgan fingerprint density at radius 3 is 2.60 bits per heavy atom. The van der Waals surface area contributed by atoms with E-state index in [1.807, 2.05) is 24.3 Å². The molecule has 1 aromatic rings. The molecule has 0 bridgehead atoms. The van der Waals surface area contributed by atoms with E-state index in [9.17, 15) is 5.21 Å². The molecule has 0 amide bonds. The Kier molecular flexibility index (Phi) is 1.81. The molecule has 3 heteroatoms. The van der Waals surface area contributed by atoms with Gasteiger partial charge in [-0.1, -0.05) is 18.6 Å². The van der Waals surface area contributed by atoms with Gasteiger partial charge in [-0.15, -0.1) is 0 Å². The van der Waals surface area contributed by atoms with Gasteiger partial charge in [-0.25, -0.2) is 4.99 Å². The minimum absolute atomic E-state index is 0.456. The summed E-state index contributed by atoms with van der Waals surface area (Å²) in [5, 5.41) is 13.8. The number of hydroxylamine groups is 1. The summed E-state index contributed by atoms with van der Waals surface area (Å²) in [6, 6.07) is 7.65. The fourth-order valence-corrected chi connectivity index (χ4v) is 2.66. The molecule has 0 unspecified atom stereocenters. The molecule has 3 nitrogen and oxygen atoms in total. The molecule has 15 heavy (non-hydrogen) atoms. The lowest BCUT2D eigenvalue weighted by molar-refractivity contribution is 0.241. The summed E-state index contributed by atoms with van der Waals surface area (Å²) in [5.74, 6) is 0. The van der Waals surface area contributed by atoms with Gasteiger partial charge in [0.25, 0.3) is 5.66 Å². The fraction of sp³-hybridized carbons (Fsp3) is 0.500. The number of hydrogen-bond donors (Lipinski definition) is 0. The number of nitrogens with zero attached hydrogens (tertiary/aromatic N) is 2. The zero-order chi connectivity index (χ0) is 10.3. The highest BCUT2D eigenvalue weighted by Crippen LogP contribution is 2.31. The van der Waals surface area contributed by atoms with Crippen molar-refractivity contribution in [3.8, 4) is 0 Å². The monoisotopic (exact) mass is 202 g/mol. The lowest BCUT2D eigenvalue weighted by Gasteiger charge is -2.28. The van der Waals surface area contributed by atoms with E-state index in [4.69, 9.17) is 0 Å². The normalized spacial score (nSPS) is 22.5. The third-order valence-corrected chi connectivity index (χ3v) is 3.46. The Balaban J connectivity index is 2.21. The molecular formula is C12H14N2O. The van der Waals surface area contributed by atoms with E-state index in [-0.39, 0.29) is 0 Å². The second kappa shape index (κ2) is 3.05. The van der Waals surface area contributed by atoms with Crippen molar-refractivity contribution in [2.24, 2.45) is 4.99 Å². The van der Waals surface area contributed by atoms with Crippen LogP contribution in [-0.4, -0.2) is 5.66 Å². The second-order valence-corrected chi connectivity index (χ2v) is 4.44. The van der Waals surface area contributed by atoms with E-state index >= 15 is 0 Å². The van der Waals surface area contributed by atoms with Crippen LogP contribution in [0.25, 0.3) is 0 Å². The largest absolute Gasteiger partial charge is 0.622 e. The van der Waals surface area contributed by atoms with Crippen LogP contribution in [0.4, 0.5) is 0 Å². The zero-order valence-corrected chi connectivity index (χ0v) is 8.65. The number of para-hydroxylation sites is 2. The number of benzene rings is 1. The zero-order valence-electron chi connectivity index (χ0n) is 8.65. The molecular weight excluding hydrogens is 188 g/mol. The predicted octanol–water partition coefficient (Wildman–Crippen LogP) is 0.969. The van der Waals surface area contributed by atoms with Crippen LogP contribution in [0.15, 0.2) is 29.3 Å². The minimum atomic E-state index is -0.456. The molecule has 1 aromatic carbocycles. The van der Waals surface area contributed by atoms with E-state index in [1.165, 1.54) is 6.42 Å². The number of rotatable bonds is 0. The van der Waals surface area contributed by atoms with Gasteiger partial charge in [0.15, 0.2) is 0 Å². The van der Waals surface area contributed by atoms with Crippen molar-refractivity contribution in [3.63, 3.8) is 0 Å². The van der Waals surface area contributed by atoms with Crippen molar-refractivity contribution >= 4 is 0 Å². The standard InChI is InChI=1S/C12H14N2O/c15-14-11-7-3-2-6-10(11)13-12(14)8-4-1-5-9-12/h2-3,6-7H,1,4-5,8-9H2. The molecule has 1 heterocycles. The Bertz CT molecular complexity index is 501. The van der Waals surface area contributed by atoms with Gasteiger partial charge in [0, 0.05) is 18.9 Å². The van der Waals surface area contributed by atoms with Gasteiger partial charge in [-0.05, 0) is 18.9 Å². The molecule has 1 fully saturated rings. The van der Waals surface area contributed by atoms with E-state index in [2.05, 4.69) is 4.99 Å². The van der Waals surface area contributed by atoms with Crippen molar-refractivity contribution in [1.29, 1.82) is 0 Å². The molecule has 0 N–H and O–H groups in total. The third-order valence-electron chi connectivity index (χ3n) is 3.46. The van der Waals surface area contributed by atoms with Crippen LogP contribution in [0.5, 0.6) is 0 Å². The maximum Gasteiger partial charge on any atom is 0.266 e. The number of fused-ring (bicyclic) bond motifs is 1. The van der Waals surface area contributed by atoms with Crippen molar-refractivity contribution < 1.29 is 0 Å². The maximum absolute atomic E-state index is 12.2. The van der Waals surface area contributed by atoms with E-state index in [0.717, 1.165) is 41.1 Å². The minimum Gasteiger partial charge on any atom is -0.622 e. The molecule has 1 spiro atoms. The predicted molar refractivity (Wildman–Crippen MR) is 57.6 cm³/mol. The van der Waals surface area contributed by atoms with Crippen LogP contribution < -0.4 is 15.5 Å². The van der Waals surface area contributed by atoms with Crippen molar-refractivity contribution in [1.82, 2.24) is 4.74 Å². The van der Waals surface area contributed by atoms with Gasteiger partial charge in [0.1, 0.15) is 5.36 Å². The average molecular weight is 202 g/mol. The molecule has 3 rings (SSSR count). The molecule has 1 saturated carbocycles.